The van der Waals surface area contributed by atoms with Crippen LogP contribution in [0.25, 0.3) is 0 Å². The Bertz CT molecular complexity index is 582. The number of aromatic nitrogens is 4. The van der Waals surface area contributed by atoms with Crippen LogP contribution in [0.4, 0.5) is 5.95 Å². The topological polar surface area (TPSA) is 110 Å². The van der Waals surface area contributed by atoms with Crippen molar-refractivity contribution in [1.82, 2.24) is 20.6 Å². The van der Waals surface area contributed by atoms with Crippen molar-refractivity contribution in [1.29, 1.82) is 0 Å². The van der Waals surface area contributed by atoms with E-state index in [0.717, 1.165) is 0 Å². The lowest BCUT2D eigenvalue weighted by Gasteiger charge is -2.07. The van der Waals surface area contributed by atoms with Crippen molar-refractivity contribution in [3.05, 3.63) is 35.4 Å². The predicted molar refractivity (Wildman–Crippen MR) is 64.5 cm³/mol. The Morgan fingerprint density at radius 2 is 2.05 bits per heavy atom. The first kappa shape index (κ1) is 12.7. The maximum atomic E-state index is 12.0. The quantitative estimate of drug-likeness (QED) is 0.781. The monoisotopic (exact) mass is 261 g/mol. The first-order chi connectivity index (χ1) is 9.22. The highest BCUT2D eigenvalue weighted by Gasteiger charge is 2.18. The Morgan fingerprint density at radius 1 is 1.32 bits per heavy atom. The van der Waals surface area contributed by atoms with E-state index in [4.69, 9.17) is 4.74 Å². The second-order valence-corrected chi connectivity index (χ2v) is 3.47. The molecule has 1 heterocycles. The summed E-state index contributed by atoms with van der Waals surface area (Å²) >= 11 is 0. The van der Waals surface area contributed by atoms with Crippen LogP contribution in [0.3, 0.4) is 0 Å². The van der Waals surface area contributed by atoms with Crippen LogP contribution in [0, 0.1) is 0 Å². The second-order valence-electron chi connectivity index (χ2n) is 3.47. The number of esters is 1. The summed E-state index contributed by atoms with van der Waals surface area (Å²) in [4.78, 5) is 23.7. The van der Waals surface area contributed by atoms with Crippen LogP contribution in [0.5, 0.6) is 0 Å². The molecule has 0 saturated heterocycles. The van der Waals surface area contributed by atoms with Crippen molar-refractivity contribution in [2.75, 3.05) is 11.9 Å². The minimum Gasteiger partial charge on any atom is -0.462 e. The average Bonchev–Trinajstić information content (AvgIpc) is 2.92. The minimum absolute atomic E-state index is 0.101. The number of rotatable bonds is 4. The minimum atomic E-state index is -0.552. The van der Waals surface area contributed by atoms with E-state index >= 15 is 0 Å². The van der Waals surface area contributed by atoms with Gasteiger partial charge in [-0.1, -0.05) is 17.2 Å². The van der Waals surface area contributed by atoms with E-state index < -0.39 is 11.9 Å². The molecule has 2 aromatic rings. The number of nitrogens with one attached hydrogen (secondary N) is 2. The summed E-state index contributed by atoms with van der Waals surface area (Å²) in [6.45, 7) is 1.93. The van der Waals surface area contributed by atoms with Gasteiger partial charge in [-0.3, -0.25) is 10.1 Å². The summed E-state index contributed by atoms with van der Waals surface area (Å²) in [6, 6.07) is 6.34. The zero-order chi connectivity index (χ0) is 13.7. The maximum Gasteiger partial charge on any atom is 0.338 e. The van der Waals surface area contributed by atoms with Crippen LogP contribution in [0.15, 0.2) is 24.3 Å². The van der Waals surface area contributed by atoms with E-state index in [2.05, 4.69) is 25.9 Å². The number of carbonyl (C=O) groups excluding carboxylic acids is 2. The van der Waals surface area contributed by atoms with Gasteiger partial charge in [0, 0.05) is 0 Å². The molecule has 2 N–H and O–H groups in total. The Hall–Kier alpha value is -2.77. The lowest BCUT2D eigenvalue weighted by Crippen LogP contribution is -2.18. The molecule has 0 bridgehead atoms. The van der Waals surface area contributed by atoms with Gasteiger partial charge >= 0.3 is 5.97 Å². The number of aromatic amines is 1. The molecule has 0 fully saturated rings. The van der Waals surface area contributed by atoms with Gasteiger partial charge in [0.15, 0.2) is 0 Å². The Balaban J connectivity index is 2.24. The highest BCUT2D eigenvalue weighted by atomic mass is 16.5. The average molecular weight is 261 g/mol. The first-order valence-corrected chi connectivity index (χ1v) is 5.53. The van der Waals surface area contributed by atoms with Gasteiger partial charge in [-0.15, -0.1) is 0 Å². The van der Waals surface area contributed by atoms with Gasteiger partial charge in [-0.25, -0.2) is 9.89 Å². The van der Waals surface area contributed by atoms with E-state index in [-0.39, 0.29) is 23.7 Å². The normalized spacial score (nSPS) is 9.95. The third kappa shape index (κ3) is 2.92. The van der Waals surface area contributed by atoms with E-state index in [1.807, 2.05) is 0 Å². The summed E-state index contributed by atoms with van der Waals surface area (Å²) in [5.74, 6) is -0.949. The molecule has 0 saturated carbocycles. The fraction of sp³-hybridized carbons (Fsp3) is 0.182. The number of nitrogens with zero attached hydrogens (tertiary/aromatic N) is 3. The fourth-order valence-corrected chi connectivity index (χ4v) is 1.45. The van der Waals surface area contributed by atoms with Gasteiger partial charge in [-0.2, -0.15) is 0 Å². The molecule has 0 spiro atoms. The molecule has 0 aliphatic carbocycles. The molecule has 0 aliphatic rings. The maximum absolute atomic E-state index is 12.0. The summed E-state index contributed by atoms with van der Waals surface area (Å²) in [7, 11) is 0. The van der Waals surface area contributed by atoms with Crippen molar-refractivity contribution in [2.45, 2.75) is 6.92 Å². The molecule has 1 aromatic heterocycles. The van der Waals surface area contributed by atoms with Crippen LogP contribution in [0.1, 0.15) is 27.6 Å². The third-order valence-electron chi connectivity index (χ3n) is 2.24. The van der Waals surface area contributed by atoms with Crippen molar-refractivity contribution in [3.63, 3.8) is 0 Å². The standard InChI is InChI=1S/C11H11N5O3/c1-2-19-10(18)8-6-4-3-5-7(8)9(17)12-11-13-15-16-14-11/h3-6H,2H2,1H3,(H2,12,13,14,15,16,17). The van der Waals surface area contributed by atoms with Crippen LogP contribution in [0.2, 0.25) is 0 Å². The van der Waals surface area contributed by atoms with Gasteiger partial charge in [0.05, 0.1) is 17.7 Å². The second kappa shape index (κ2) is 5.71. The van der Waals surface area contributed by atoms with Crippen molar-refractivity contribution in [3.8, 4) is 0 Å². The number of anilines is 1. The molecule has 8 heteroatoms. The van der Waals surface area contributed by atoms with Gasteiger partial charge in [0.2, 0.25) is 5.95 Å². The summed E-state index contributed by atoms with van der Waals surface area (Å²) in [6.07, 6.45) is 0. The number of tetrazole rings is 1. The molecule has 0 atom stereocenters. The molecule has 0 unspecified atom stereocenters. The SMILES string of the molecule is CCOC(=O)c1ccccc1C(=O)Nc1nnn[nH]1. The summed E-state index contributed by atoms with van der Waals surface area (Å²) in [5, 5.41) is 15.0. The number of hydrogen-bond acceptors (Lipinski definition) is 6. The van der Waals surface area contributed by atoms with Crippen molar-refractivity contribution in [2.24, 2.45) is 0 Å². The number of amides is 1. The molecule has 1 aromatic carbocycles. The lowest BCUT2D eigenvalue weighted by molar-refractivity contribution is 0.0523. The van der Waals surface area contributed by atoms with Crippen molar-refractivity contribution < 1.29 is 14.3 Å². The number of ether oxygens (including phenoxy) is 1. The Morgan fingerprint density at radius 3 is 2.68 bits per heavy atom. The lowest BCUT2D eigenvalue weighted by atomic mass is 10.1. The zero-order valence-corrected chi connectivity index (χ0v) is 10.1. The molecule has 1 amide bonds. The van der Waals surface area contributed by atoms with E-state index in [0.29, 0.717) is 0 Å². The van der Waals surface area contributed by atoms with Crippen LogP contribution >= 0.6 is 0 Å². The number of hydrogen-bond donors (Lipinski definition) is 2. The molecule has 8 nitrogen and oxygen atoms in total. The number of H-pyrrole nitrogens is 1. The summed E-state index contributed by atoms with van der Waals surface area (Å²) < 4.78 is 4.89. The van der Waals surface area contributed by atoms with Crippen LogP contribution in [-0.4, -0.2) is 39.1 Å². The van der Waals surface area contributed by atoms with Crippen LogP contribution in [-0.2, 0) is 4.74 Å². The smallest absolute Gasteiger partial charge is 0.338 e. The molecule has 2 rings (SSSR count). The number of carbonyl (C=O) groups is 2. The van der Waals surface area contributed by atoms with E-state index in [9.17, 15) is 9.59 Å². The predicted octanol–water partition coefficient (Wildman–Crippen LogP) is 0.629. The molecule has 0 aliphatic heterocycles. The molecule has 98 valence electrons. The first-order valence-electron chi connectivity index (χ1n) is 5.53. The summed E-state index contributed by atoms with van der Waals surface area (Å²) in [5.41, 5.74) is 0.381. The van der Waals surface area contributed by atoms with Crippen LogP contribution < -0.4 is 5.32 Å². The zero-order valence-electron chi connectivity index (χ0n) is 10.1. The largest absolute Gasteiger partial charge is 0.462 e. The van der Waals surface area contributed by atoms with Gasteiger partial charge in [0.25, 0.3) is 5.91 Å². The molecule has 19 heavy (non-hydrogen) atoms. The highest BCUT2D eigenvalue weighted by Crippen LogP contribution is 2.12. The van der Waals surface area contributed by atoms with Gasteiger partial charge in [0.1, 0.15) is 0 Å². The van der Waals surface area contributed by atoms with E-state index in [1.54, 1.807) is 19.1 Å². The van der Waals surface area contributed by atoms with Crippen molar-refractivity contribution >= 4 is 17.8 Å². The van der Waals surface area contributed by atoms with Gasteiger partial charge < -0.3 is 4.74 Å². The third-order valence-corrected chi connectivity index (χ3v) is 2.24. The number of benzene rings is 1. The molecular formula is C11H11N5O3. The van der Waals surface area contributed by atoms with E-state index in [1.165, 1.54) is 12.1 Å². The Labute approximate surface area is 108 Å². The Kier molecular flexibility index (Phi) is 3.81. The highest BCUT2D eigenvalue weighted by molar-refractivity contribution is 6.10. The molecular weight excluding hydrogens is 250 g/mol. The molecule has 0 radical (unpaired) electrons. The van der Waals surface area contributed by atoms with Gasteiger partial charge in [-0.05, 0) is 29.5 Å². The fourth-order valence-electron chi connectivity index (χ4n) is 1.45.